The molecule has 1 aromatic heterocycles. The maximum Gasteiger partial charge on any atom is 0.342 e. The summed E-state index contributed by atoms with van der Waals surface area (Å²) in [4.78, 5) is 30.3. The van der Waals surface area contributed by atoms with Gasteiger partial charge in [0.2, 0.25) is 5.91 Å². The summed E-state index contributed by atoms with van der Waals surface area (Å²) in [6, 6.07) is 21.2. The highest BCUT2D eigenvalue weighted by Gasteiger charge is 2.38. The number of aromatic amines is 1. The van der Waals surface area contributed by atoms with E-state index in [0.717, 1.165) is 22.0 Å². The number of phenolic OH excluding ortho intramolecular Hbond substituents is 1. The van der Waals surface area contributed by atoms with Crippen LogP contribution in [0, 0.1) is 0 Å². The van der Waals surface area contributed by atoms with E-state index in [9.17, 15) is 19.8 Å². The lowest BCUT2D eigenvalue weighted by Crippen LogP contribution is -2.57. The lowest BCUT2D eigenvalue weighted by molar-refractivity contribution is -0.151. The topological polar surface area (TPSA) is 165 Å². The number of cyclic esters (lactones) is 1. The van der Waals surface area contributed by atoms with E-state index in [2.05, 4.69) is 10.3 Å². The molecule has 3 aromatic carbocycles. The van der Waals surface area contributed by atoms with Crippen molar-refractivity contribution in [2.45, 2.75) is 63.1 Å². The Labute approximate surface area is 280 Å². The Balaban J connectivity index is 1.45. The Bertz CT molecular complexity index is 1610. The number of aromatic nitrogens is 1. The molecule has 11 heteroatoms. The molecule has 0 bridgehead atoms. The predicted octanol–water partition coefficient (Wildman–Crippen LogP) is 3.79. The third-order valence-electron chi connectivity index (χ3n) is 8.45. The molecule has 0 saturated carbocycles. The monoisotopic (exact) mass is 659 g/mol. The number of aromatic hydroxyl groups is 1. The number of aliphatic hydroxyl groups excluding tert-OH is 1. The van der Waals surface area contributed by atoms with Crippen LogP contribution in [0.15, 0.2) is 79.0 Å². The Morgan fingerprint density at radius 1 is 1.00 bits per heavy atom. The van der Waals surface area contributed by atoms with Crippen LogP contribution in [0.25, 0.3) is 10.9 Å². The molecule has 2 heterocycles. The van der Waals surface area contributed by atoms with Crippen LogP contribution >= 0.6 is 0 Å². The molecule has 0 radical (unpaired) electrons. The fourth-order valence-electron chi connectivity index (χ4n) is 5.91. The van der Waals surface area contributed by atoms with Crippen molar-refractivity contribution in [1.29, 1.82) is 0 Å². The molecule has 0 aliphatic carbocycles. The van der Waals surface area contributed by atoms with Crippen LogP contribution in [0.1, 0.15) is 46.3 Å². The van der Waals surface area contributed by atoms with Crippen molar-refractivity contribution in [3.8, 4) is 5.75 Å². The SMILES string of the molecule is NCCCCOC1C(NC(=O)Cc2c[nH]c3ccccc23)COC(=O)c2c(O)cccc2CCCOCC(OCc2ccccc2)C1O. The van der Waals surface area contributed by atoms with E-state index in [4.69, 9.17) is 24.7 Å². The lowest BCUT2D eigenvalue weighted by Gasteiger charge is -2.35. The molecule has 48 heavy (non-hydrogen) atoms. The second-order valence-electron chi connectivity index (χ2n) is 12.0. The minimum Gasteiger partial charge on any atom is -0.507 e. The normalized spacial score (nSPS) is 20.8. The number of aliphatic hydroxyl groups is 1. The number of nitrogens with one attached hydrogen (secondary N) is 2. The number of nitrogens with two attached hydrogens (primary N) is 1. The van der Waals surface area contributed by atoms with Gasteiger partial charge >= 0.3 is 5.97 Å². The summed E-state index contributed by atoms with van der Waals surface area (Å²) in [5, 5.41) is 26.4. The predicted molar refractivity (Wildman–Crippen MR) is 181 cm³/mol. The number of rotatable bonds is 11. The van der Waals surface area contributed by atoms with Crippen LogP contribution < -0.4 is 11.1 Å². The number of carbonyl (C=O) groups excluding carboxylic acids is 2. The standard InChI is InChI=1S/C37H45N3O8/c38-17-6-7-19-46-36-30(40-33(42)20-27-21-39-29-15-5-4-14-28(27)29)23-48-37(44)34-26(12-8-16-31(34)41)13-9-18-45-24-32(35(36)43)47-22-25-10-2-1-3-11-25/h1-5,8,10-12,14-16,21,30,32,35-36,39,41,43H,6-7,9,13,17-20,22-24,38H2,(H,40,42). The summed E-state index contributed by atoms with van der Waals surface area (Å²) >= 11 is 0. The van der Waals surface area contributed by atoms with Gasteiger partial charge in [-0.3, -0.25) is 4.79 Å². The molecule has 0 saturated heterocycles. The number of benzene rings is 3. The minimum absolute atomic E-state index is 0.0329. The van der Waals surface area contributed by atoms with Gasteiger partial charge in [0, 0.05) is 30.3 Å². The van der Waals surface area contributed by atoms with Gasteiger partial charge in [-0.05, 0) is 61.1 Å². The van der Waals surface area contributed by atoms with E-state index < -0.39 is 30.3 Å². The molecular weight excluding hydrogens is 614 g/mol. The molecule has 1 aliphatic heterocycles. The molecule has 0 fully saturated rings. The van der Waals surface area contributed by atoms with Crippen molar-refractivity contribution in [3.05, 3.63) is 101 Å². The van der Waals surface area contributed by atoms with Gasteiger partial charge < -0.3 is 45.2 Å². The van der Waals surface area contributed by atoms with Gasteiger partial charge in [-0.1, -0.05) is 60.7 Å². The number of fused-ring (bicyclic) bond motifs is 2. The van der Waals surface area contributed by atoms with E-state index in [1.54, 1.807) is 18.3 Å². The minimum atomic E-state index is -1.28. The highest BCUT2D eigenvalue weighted by molar-refractivity contribution is 5.94. The van der Waals surface area contributed by atoms with Crippen molar-refractivity contribution >= 4 is 22.8 Å². The number of H-pyrrole nitrogens is 1. The number of aryl methyl sites for hydroxylation is 1. The summed E-state index contributed by atoms with van der Waals surface area (Å²) in [6.07, 6.45) is 0.957. The molecule has 0 spiro atoms. The van der Waals surface area contributed by atoms with Crippen molar-refractivity contribution < 1.29 is 38.7 Å². The van der Waals surface area contributed by atoms with Gasteiger partial charge in [-0.15, -0.1) is 0 Å². The molecule has 4 atom stereocenters. The molecule has 5 rings (SSSR count). The summed E-state index contributed by atoms with van der Waals surface area (Å²) in [5.74, 6) is -1.30. The lowest BCUT2D eigenvalue weighted by atomic mass is 9.99. The van der Waals surface area contributed by atoms with E-state index in [1.807, 2.05) is 54.6 Å². The number of esters is 1. The van der Waals surface area contributed by atoms with Crippen LogP contribution in [0.4, 0.5) is 0 Å². The number of ether oxygens (including phenoxy) is 4. The Morgan fingerprint density at radius 3 is 2.65 bits per heavy atom. The van der Waals surface area contributed by atoms with Gasteiger partial charge in [-0.25, -0.2) is 4.79 Å². The first-order valence-corrected chi connectivity index (χ1v) is 16.5. The van der Waals surface area contributed by atoms with Crippen molar-refractivity contribution in [2.24, 2.45) is 5.73 Å². The highest BCUT2D eigenvalue weighted by atomic mass is 16.6. The van der Waals surface area contributed by atoms with E-state index in [-0.39, 0.29) is 50.1 Å². The largest absolute Gasteiger partial charge is 0.507 e. The van der Waals surface area contributed by atoms with Gasteiger partial charge in [0.1, 0.15) is 36.2 Å². The maximum absolute atomic E-state index is 13.6. The van der Waals surface area contributed by atoms with Gasteiger partial charge in [0.25, 0.3) is 0 Å². The zero-order chi connectivity index (χ0) is 33.7. The van der Waals surface area contributed by atoms with Crippen LogP contribution in [0.2, 0.25) is 0 Å². The third kappa shape index (κ3) is 9.42. The quantitative estimate of drug-likeness (QED) is 0.119. The fourth-order valence-corrected chi connectivity index (χ4v) is 5.91. The van der Waals surface area contributed by atoms with Gasteiger partial charge in [-0.2, -0.15) is 0 Å². The van der Waals surface area contributed by atoms with Crippen molar-refractivity contribution in [3.63, 3.8) is 0 Å². The first-order valence-electron chi connectivity index (χ1n) is 16.5. The Kier molecular flexibility index (Phi) is 13.0. The third-order valence-corrected chi connectivity index (χ3v) is 8.45. The van der Waals surface area contributed by atoms with Crippen LogP contribution in [0.5, 0.6) is 5.75 Å². The van der Waals surface area contributed by atoms with Crippen LogP contribution in [-0.4, -0.2) is 84.4 Å². The van der Waals surface area contributed by atoms with E-state index >= 15 is 0 Å². The van der Waals surface area contributed by atoms with Crippen molar-refractivity contribution in [2.75, 3.05) is 33.0 Å². The zero-order valence-corrected chi connectivity index (χ0v) is 27.0. The first-order chi connectivity index (χ1) is 23.4. The molecular formula is C37H45N3O8. The molecule has 4 aromatic rings. The zero-order valence-electron chi connectivity index (χ0n) is 27.0. The number of phenols is 1. The number of hydrogen-bond donors (Lipinski definition) is 5. The van der Waals surface area contributed by atoms with E-state index in [1.165, 1.54) is 6.07 Å². The summed E-state index contributed by atoms with van der Waals surface area (Å²) in [6.45, 7) is 0.951. The number of hydrogen-bond acceptors (Lipinski definition) is 9. The number of para-hydroxylation sites is 1. The molecule has 11 nitrogen and oxygen atoms in total. The molecule has 4 unspecified atom stereocenters. The molecule has 1 aliphatic rings. The molecule has 6 N–H and O–H groups in total. The fraction of sp³-hybridized carbons (Fsp3) is 0.405. The van der Waals surface area contributed by atoms with Gasteiger partial charge in [0.05, 0.1) is 25.7 Å². The number of unbranched alkanes of at least 4 members (excludes halogenated alkanes) is 1. The molecule has 256 valence electrons. The molecule has 1 amide bonds. The summed E-state index contributed by atoms with van der Waals surface area (Å²) in [7, 11) is 0. The first kappa shape index (κ1) is 35.1. The number of carbonyl (C=O) groups is 2. The van der Waals surface area contributed by atoms with E-state index in [0.29, 0.717) is 44.4 Å². The second-order valence-corrected chi connectivity index (χ2v) is 12.0. The summed E-state index contributed by atoms with van der Waals surface area (Å²) in [5.41, 5.74) is 9.00. The average Bonchev–Trinajstić information content (AvgIpc) is 3.50. The average molecular weight is 660 g/mol. The van der Waals surface area contributed by atoms with Crippen LogP contribution in [0.3, 0.4) is 0 Å². The number of amides is 1. The second kappa shape index (κ2) is 17.8. The highest BCUT2D eigenvalue weighted by Crippen LogP contribution is 2.25. The van der Waals surface area contributed by atoms with Crippen LogP contribution in [-0.2, 0) is 43.2 Å². The summed E-state index contributed by atoms with van der Waals surface area (Å²) < 4.78 is 24.3. The van der Waals surface area contributed by atoms with Crippen molar-refractivity contribution in [1.82, 2.24) is 10.3 Å². The van der Waals surface area contributed by atoms with Gasteiger partial charge in [0.15, 0.2) is 0 Å². The maximum atomic E-state index is 13.6. The smallest absolute Gasteiger partial charge is 0.342 e. The Hall–Kier alpha value is -4.26. The Morgan fingerprint density at radius 2 is 1.81 bits per heavy atom.